The highest BCUT2D eigenvalue weighted by molar-refractivity contribution is 5.95. The Morgan fingerprint density at radius 1 is 0.960 bits per heavy atom. The number of aromatic nitrogens is 3. The van der Waals surface area contributed by atoms with Gasteiger partial charge in [0.2, 0.25) is 0 Å². The number of fused-ring (bicyclic) bond motifs is 1. The molecule has 5 heteroatoms. The fourth-order valence-electron chi connectivity index (χ4n) is 2.80. The molecule has 0 fully saturated rings. The topological polar surface area (TPSA) is 67.9 Å². The molecule has 2 aromatic carbocycles. The van der Waals surface area contributed by atoms with E-state index in [9.17, 15) is 4.79 Å². The Labute approximate surface area is 144 Å². The normalized spacial score (nSPS) is 10.7. The summed E-state index contributed by atoms with van der Waals surface area (Å²) in [6, 6.07) is 17.3. The second-order valence-electron chi connectivity index (χ2n) is 5.61. The Hall–Kier alpha value is -3.47. The smallest absolute Gasteiger partial charge is 0.158 e. The van der Waals surface area contributed by atoms with Crippen molar-refractivity contribution in [3.63, 3.8) is 0 Å². The molecule has 5 nitrogen and oxygen atoms in total. The van der Waals surface area contributed by atoms with Crippen molar-refractivity contribution in [3.8, 4) is 16.9 Å². The van der Waals surface area contributed by atoms with Gasteiger partial charge in [-0.25, -0.2) is 4.98 Å². The fraction of sp³-hybridized carbons (Fsp3) is 0.0500. The van der Waals surface area contributed by atoms with Gasteiger partial charge in [0.1, 0.15) is 12.4 Å². The van der Waals surface area contributed by atoms with Crippen molar-refractivity contribution in [1.29, 1.82) is 0 Å². The van der Waals surface area contributed by atoms with Crippen LogP contribution in [0.2, 0.25) is 0 Å². The monoisotopic (exact) mass is 329 g/mol. The molecule has 2 aromatic heterocycles. The number of carbonyl (C=O) groups is 1. The summed E-state index contributed by atoms with van der Waals surface area (Å²) in [5, 5.41) is 7.70. The van der Waals surface area contributed by atoms with Crippen LogP contribution in [-0.2, 0) is 6.61 Å². The van der Waals surface area contributed by atoms with Crippen LogP contribution in [0.25, 0.3) is 22.2 Å². The van der Waals surface area contributed by atoms with E-state index in [-0.39, 0.29) is 0 Å². The fourth-order valence-corrected chi connectivity index (χ4v) is 2.80. The van der Waals surface area contributed by atoms with Crippen LogP contribution in [0.1, 0.15) is 15.9 Å². The van der Waals surface area contributed by atoms with E-state index in [0.29, 0.717) is 23.6 Å². The first-order valence-electron chi connectivity index (χ1n) is 7.90. The van der Waals surface area contributed by atoms with E-state index in [1.807, 2.05) is 48.5 Å². The highest BCUT2D eigenvalue weighted by Gasteiger charge is 2.16. The Morgan fingerprint density at radius 3 is 2.60 bits per heavy atom. The molecule has 0 unspecified atom stereocenters. The summed E-state index contributed by atoms with van der Waals surface area (Å²) in [5.41, 5.74) is 3.86. The summed E-state index contributed by atoms with van der Waals surface area (Å²) in [4.78, 5) is 15.8. The number of nitrogens with zero attached hydrogens (tertiary/aromatic N) is 2. The Kier molecular flexibility index (Phi) is 3.96. The van der Waals surface area contributed by atoms with Gasteiger partial charge in [-0.2, -0.15) is 5.10 Å². The minimum absolute atomic E-state index is 0.418. The molecule has 0 aliphatic carbocycles. The number of benzene rings is 2. The lowest BCUT2D eigenvalue weighted by Gasteiger charge is -2.13. The molecular formula is C20H15N3O2. The molecule has 25 heavy (non-hydrogen) atoms. The van der Waals surface area contributed by atoms with Crippen LogP contribution < -0.4 is 4.74 Å². The molecule has 0 radical (unpaired) electrons. The number of pyridine rings is 1. The van der Waals surface area contributed by atoms with Crippen LogP contribution in [0.5, 0.6) is 5.75 Å². The summed E-state index contributed by atoms with van der Waals surface area (Å²) >= 11 is 0. The van der Waals surface area contributed by atoms with E-state index in [2.05, 4.69) is 15.2 Å². The molecule has 0 atom stereocenters. The summed E-state index contributed by atoms with van der Waals surface area (Å²) in [7, 11) is 0. The number of carbonyl (C=O) groups excluding carboxylic acids is 1. The van der Waals surface area contributed by atoms with Gasteiger partial charge in [-0.1, -0.05) is 54.6 Å². The number of ether oxygens (including phenoxy) is 1. The Morgan fingerprint density at radius 2 is 1.76 bits per heavy atom. The first-order chi connectivity index (χ1) is 12.4. The van der Waals surface area contributed by atoms with Crippen LogP contribution in [0.15, 0.2) is 67.0 Å². The molecule has 0 aliphatic heterocycles. The lowest BCUT2D eigenvalue weighted by atomic mass is 10.0. The molecule has 0 amide bonds. The molecule has 0 saturated heterocycles. The molecule has 0 spiro atoms. The van der Waals surface area contributed by atoms with Crippen molar-refractivity contribution in [2.75, 3.05) is 0 Å². The van der Waals surface area contributed by atoms with E-state index < -0.39 is 0 Å². The van der Waals surface area contributed by atoms with Crippen molar-refractivity contribution < 1.29 is 9.53 Å². The zero-order valence-electron chi connectivity index (χ0n) is 13.3. The number of hydrogen-bond acceptors (Lipinski definition) is 4. The lowest BCUT2D eigenvalue weighted by Crippen LogP contribution is -1.99. The summed E-state index contributed by atoms with van der Waals surface area (Å²) in [5.74, 6) is 0.664. The van der Waals surface area contributed by atoms with Crippen molar-refractivity contribution >= 4 is 17.3 Å². The minimum atomic E-state index is 0.418. The van der Waals surface area contributed by atoms with Crippen LogP contribution in [0.3, 0.4) is 0 Å². The SMILES string of the molecule is O=Cc1ccccc1-c1cnc2[nH]ncc2c1OCc1ccccc1. The Balaban J connectivity index is 1.82. The van der Waals surface area contributed by atoms with E-state index in [4.69, 9.17) is 4.74 Å². The van der Waals surface area contributed by atoms with Gasteiger partial charge in [-0.15, -0.1) is 0 Å². The Bertz CT molecular complexity index is 1030. The van der Waals surface area contributed by atoms with Crippen molar-refractivity contribution in [2.45, 2.75) is 6.61 Å². The maximum atomic E-state index is 11.4. The third kappa shape index (κ3) is 2.87. The van der Waals surface area contributed by atoms with Gasteiger partial charge in [-0.3, -0.25) is 9.89 Å². The molecule has 0 aliphatic rings. The summed E-state index contributed by atoms with van der Waals surface area (Å²) in [6.45, 7) is 0.418. The minimum Gasteiger partial charge on any atom is -0.487 e. The van der Waals surface area contributed by atoms with Gasteiger partial charge < -0.3 is 4.74 Å². The average Bonchev–Trinajstić information content (AvgIpc) is 3.16. The van der Waals surface area contributed by atoms with Gasteiger partial charge in [0.05, 0.1) is 11.6 Å². The molecule has 2 heterocycles. The van der Waals surface area contributed by atoms with Crippen molar-refractivity contribution in [2.24, 2.45) is 0 Å². The average molecular weight is 329 g/mol. The maximum Gasteiger partial charge on any atom is 0.158 e. The highest BCUT2D eigenvalue weighted by atomic mass is 16.5. The zero-order valence-corrected chi connectivity index (χ0v) is 13.3. The molecule has 0 saturated carbocycles. The third-order valence-corrected chi connectivity index (χ3v) is 4.04. The van der Waals surface area contributed by atoms with Gasteiger partial charge >= 0.3 is 0 Å². The van der Waals surface area contributed by atoms with Gasteiger partial charge in [0.25, 0.3) is 0 Å². The van der Waals surface area contributed by atoms with Crippen molar-refractivity contribution in [1.82, 2.24) is 15.2 Å². The van der Waals surface area contributed by atoms with E-state index in [1.165, 1.54) is 0 Å². The number of hydrogen-bond donors (Lipinski definition) is 1. The number of aromatic amines is 1. The van der Waals surface area contributed by atoms with Gasteiger partial charge in [0, 0.05) is 17.3 Å². The zero-order chi connectivity index (χ0) is 17.1. The molecule has 1 N–H and O–H groups in total. The second-order valence-corrected chi connectivity index (χ2v) is 5.61. The first-order valence-corrected chi connectivity index (χ1v) is 7.90. The van der Waals surface area contributed by atoms with E-state index in [1.54, 1.807) is 18.5 Å². The summed E-state index contributed by atoms with van der Waals surface area (Å²) < 4.78 is 6.13. The highest BCUT2D eigenvalue weighted by Crippen LogP contribution is 2.36. The van der Waals surface area contributed by atoms with E-state index >= 15 is 0 Å². The number of nitrogens with one attached hydrogen (secondary N) is 1. The summed E-state index contributed by atoms with van der Waals surface area (Å²) in [6.07, 6.45) is 4.24. The lowest BCUT2D eigenvalue weighted by molar-refractivity contribution is 0.112. The molecular weight excluding hydrogens is 314 g/mol. The van der Waals surface area contributed by atoms with Crippen LogP contribution in [0, 0.1) is 0 Å². The van der Waals surface area contributed by atoms with Crippen LogP contribution in [0.4, 0.5) is 0 Å². The predicted octanol–water partition coefficient (Wildman–Crippen LogP) is 4.02. The quantitative estimate of drug-likeness (QED) is 0.562. The third-order valence-electron chi connectivity index (χ3n) is 4.04. The molecule has 0 bridgehead atoms. The van der Waals surface area contributed by atoms with Crippen molar-refractivity contribution in [3.05, 3.63) is 78.1 Å². The largest absolute Gasteiger partial charge is 0.487 e. The molecule has 122 valence electrons. The molecule has 4 aromatic rings. The number of rotatable bonds is 5. The van der Waals surface area contributed by atoms with Crippen LogP contribution >= 0.6 is 0 Å². The number of aldehydes is 1. The number of H-pyrrole nitrogens is 1. The van der Waals surface area contributed by atoms with E-state index in [0.717, 1.165) is 28.4 Å². The second kappa shape index (κ2) is 6.57. The van der Waals surface area contributed by atoms with Crippen LogP contribution in [-0.4, -0.2) is 21.5 Å². The standard InChI is InChI=1S/C20H15N3O2/c24-12-15-8-4-5-9-16(15)17-10-21-20-18(11-22-23-20)19(17)25-13-14-6-2-1-3-7-14/h1-12H,13H2,(H,21,22,23). The van der Waals surface area contributed by atoms with Gasteiger partial charge in [0.15, 0.2) is 11.9 Å². The predicted molar refractivity (Wildman–Crippen MR) is 95.5 cm³/mol. The first kappa shape index (κ1) is 15.1. The maximum absolute atomic E-state index is 11.4. The van der Waals surface area contributed by atoms with Gasteiger partial charge in [-0.05, 0) is 11.1 Å². The molecule has 4 rings (SSSR count).